The number of nitrogens with one attached hydrogen (secondary N) is 1. The van der Waals surface area contributed by atoms with Crippen LogP contribution in [-0.4, -0.2) is 57.7 Å². The van der Waals surface area contributed by atoms with Crippen LogP contribution in [0, 0.1) is 5.92 Å². The molecule has 0 aliphatic carbocycles. The molecule has 2 unspecified atom stereocenters. The topological polar surface area (TPSA) is 75.7 Å². The minimum atomic E-state index is -3.12. The molecule has 0 saturated carbocycles. The summed E-state index contributed by atoms with van der Waals surface area (Å²) in [4.78, 5) is 11.3. The molecule has 0 bridgehead atoms. The molecule has 6 nitrogen and oxygen atoms in total. The minimum absolute atomic E-state index is 0.000704. The van der Waals surface area contributed by atoms with Gasteiger partial charge in [-0.2, -0.15) is 0 Å². The van der Waals surface area contributed by atoms with Gasteiger partial charge in [0.15, 0.2) is 0 Å². The molecule has 0 aromatic rings. The van der Waals surface area contributed by atoms with Crippen LogP contribution < -0.4 is 5.32 Å². The monoisotopic (exact) mass is 294 g/mol. The lowest BCUT2D eigenvalue weighted by Gasteiger charge is -2.21. The quantitative estimate of drug-likeness (QED) is 0.493. The number of ether oxygens (including phenoxy) is 1. The number of methoxy groups -OCH3 is 1. The van der Waals surface area contributed by atoms with E-state index in [-0.39, 0.29) is 17.9 Å². The van der Waals surface area contributed by atoms with Gasteiger partial charge in [-0.3, -0.25) is 4.79 Å². The highest BCUT2D eigenvalue weighted by Crippen LogP contribution is 2.05. The summed E-state index contributed by atoms with van der Waals surface area (Å²) in [5.41, 5.74) is 0. The van der Waals surface area contributed by atoms with Gasteiger partial charge in [0.25, 0.3) is 0 Å². The van der Waals surface area contributed by atoms with Crippen molar-refractivity contribution in [2.24, 2.45) is 5.92 Å². The summed E-state index contributed by atoms with van der Waals surface area (Å²) in [6.45, 7) is 7.16. The third kappa shape index (κ3) is 6.89. The third-order valence-electron chi connectivity index (χ3n) is 3.20. The molecule has 0 saturated heterocycles. The van der Waals surface area contributed by atoms with Crippen LogP contribution in [0.15, 0.2) is 0 Å². The number of rotatable bonds is 9. The fraction of sp³-hybridized carbons (Fsp3) is 0.917. The number of hydrogen-bond donors (Lipinski definition) is 1. The summed E-state index contributed by atoms with van der Waals surface area (Å²) in [6.07, 6.45) is 1.92. The predicted molar refractivity (Wildman–Crippen MR) is 75.4 cm³/mol. The standard InChI is InChI=1S/C12H26N2O4S/c1-6-14(19(5,16)17)9-7-8-13-11(3)10(2)12(15)18-4/h10-11,13H,6-9H2,1-5H3. The summed E-state index contributed by atoms with van der Waals surface area (Å²) in [7, 11) is -1.75. The molecule has 0 spiro atoms. The highest BCUT2D eigenvalue weighted by atomic mass is 32.2. The highest BCUT2D eigenvalue weighted by Gasteiger charge is 2.20. The first kappa shape index (κ1) is 18.3. The molecule has 1 N–H and O–H groups in total. The Kier molecular flexibility index (Phi) is 8.20. The molecular weight excluding hydrogens is 268 g/mol. The van der Waals surface area contributed by atoms with Gasteiger partial charge in [0.05, 0.1) is 19.3 Å². The van der Waals surface area contributed by atoms with Crippen LogP contribution in [0.1, 0.15) is 27.2 Å². The normalized spacial score (nSPS) is 15.3. The van der Waals surface area contributed by atoms with E-state index in [0.29, 0.717) is 26.1 Å². The summed E-state index contributed by atoms with van der Waals surface area (Å²) < 4.78 is 28.8. The van der Waals surface area contributed by atoms with Crippen molar-refractivity contribution in [3.8, 4) is 0 Å². The van der Waals surface area contributed by atoms with Gasteiger partial charge < -0.3 is 10.1 Å². The molecule has 0 radical (unpaired) electrons. The fourth-order valence-electron chi connectivity index (χ4n) is 1.71. The molecule has 2 atom stereocenters. The van der Waals surface area contributed by atoms with Crippen molar-refractivity contribution >= 4 is 16.0 Å². The summed E-state index contributed by atoms with van der Waals surface area (Å²) in [6, 6.07) is 0.000704. The Bertz CT molecular complexity index is 370. The summed E-state index contributed by atoms with van der Waals surface area (Å²) in [5.74, 6) is -0.464. The number of nitrogens with zero attached hydrogens (tertiary/aromatic N) is 1. The van der Waals surface area contributed by atoms with Gasteiger partial charge in [-0.05, 0) is 19.9 Å². The number of sulfonamides is 1. The molecule has 0 fully saturated rings. The maximum atomic E-state index is 11.4. The third-order valence-corrected chi connectivity index (χ3v) is 4.57. The highest BCUT2D eigenvalue weighted by molar-refractivity contribution is 7.88. The number of hydrogen-bond acceptors (Lipinski definition) is 5. The smallest absolute Gasteiger partial charge is 0.309 e. The maximum Gasteiger partial charge on any atom is 0.309 e. The Labute approximate surface area is 116 Å². The van der Waals surface area contributed by atoms with E-state index in [1.807, 2.05) is 13.8 Å². The van der Waals surface area contributed by atoms with Crippen LogP contribution in [-0.2, 0) is 19.6 Å². The lowest BCUT2D eigenvalue weighted by Crippen LogP contribution is -2.39. The van der Waals surface area contributed by atoms with Gasteiger partial charge >= 0.3 is 5.97 Å². The van der Waals surface area contributed by atoms with E-state index in [9.17, 15) is 13.2 Å². The second-order valence-electron chi connectivity index (χ2n) is 4.66. The predicted octanol–water partition coefficient (Wildman–Crippen LogP) is 0.445. The van der Waals surface area contributed by atoms with E-state index < -0.39 is 10.0 Å². The first-order valence-electron chi connectivity index (χ1n) is 6.50. The van der Waals surface area contributed by atoms with E-state index in [2.05, 4.69) is 10.1 Å². The van der Waals surface area contributed by atoms with Gasteiger partial charge in [0.1, 0.15) is 0 Å². The zero-order valence-corrected chi connectivity index (χ0v) is 13.3. The Morgan fingerprint density at radius 1 is 1.37 bits per heavy atom. The van der Waals surface area contributed by atoms with Crippen molar-refractivity contribution in [3.63, 3.8) is 0 Å². The van der Waals surface area contributed by atoms with Crippen molar-refractivity contribution in [3.05, 3.63) is 0 Å². The number of esters is 1. The molecule has 0 heterocycles. The lowest BCUT2D eigenvalue weighted by atomic mass is 10.0. The number of carbonyl (C=O) groups is 1. The van der Waals surface area contributed by atoms with Crippen LogP contribution in [0.5, 0.6) is 0 Å². The van der Waals surface area contributed by atoms with Gasteiger partial charge in [-0.1, -0.05) is 13.8 Å². The average molecular weight is 294 g/mol. The first-order chi connectivity index (χ1) is 8.73. The Hall–Kier alpha value is -0.660. The molecule has 0 aromatic heterocycles. The van der Waals surface area contributed by atoms with Gasteiger partial charge in [-0.15, -0.1) is 0 Å². The molecule has 7 heteroatoms. The van der Waals surface area contributed by atoms with Crippen molar-refractivity contribution in [2.45, 2.75) is 33.2 Å². The van der Waals surface area contributed by atoms with Crippen molar-refractivity contribution in [1.82, 2.24) is 9.62 Å². The van der Waals surface area contributed by atoms with Crippen molar-refractivity contribution in [1.29, 1.82) is 0 Å². The zero-order chi connectivity index (χ0) is 15.1. The maximum absolute atomic E-state index is 11.4. The van der Waals surface area contributed by atoms with Gasteiger partial charge in [0, 0.05) is 19.1 Å². The van der Waals surface area contributed by atoms with Crippen molar-refractivity contribution in [2.75, 3.05) is 33.0 Å². The first-order valence-corrected chi connectivity index (χ1v) is 8.35. The van der Waals surface area contributed by atoms with E-state index in [4.69, 9.17) is 0 Å². The largest absolute Gasteiger partial charge is 0.469 e. The molecular formula is C12H26N2O4S. The van der Waals surface area contributed by atoms with Crippen LogP contribution in [0.25, 0.3) is 0 Å². The van der Waals surface area contributed by atoms with Crippen LogP contribution >= 0.6 is 0 Å². The Balaban J connectivity index is 4.01. The Morgan fingerprint density at radius 2 is 1.95 bits per heavy atom. The summed E-state index contributed by atoms with van der Waals surface area (Å²) in [5, 5.41) is 3.21. The minimum Gasteiger partial charge on any atom is -0.469 e. The molecule has 0 aliphatic heterocycles. The number of carbonyl (C=O) groups excluding carboxylic acids is 1. The van der Waals surface area contributed by atoms with E-state index in [1.54, 1.807) is 6.92 Å². The molecule has 114 valence electrons. The molecule has 0 rings (SSSR count). The van der Waals surface area contributed by atoms with Crippen molar-refractivity contribution < 1.29 is 17.9 Å². The van der Waals surface area contributed by atoms with Crippen LogP contribution in [0.4, 0.5) is 0 Å². The zero-order valence-electron chi connectivity index (χ0n) is 12.5. The average Bonchev–Trinajstić information content (AvgIpc) is 2.34. The van der Waals surface area contributed by atoms with E-state index in [0.717, 1.165) is 0 Å². The van der Waals surface area contributed by atoms with Gasteiger partial charge in [0.2, 0.25) is 10.0 Å². The lowest BCUT2D eigenvalue weighted by molar-refractivity contribution is -0.145. The van der Waals surface area contributed by atoms with E-state index in [1.165, 1.54) is 17.7 Å². The SMILES string of the molecule is CCN(CCCNC(C)C(C)C(=O)OC)S(C)(=O)=O. The Morgan fingerprint density at radius 3 is 2.37 bits per heavy atom. The second kappa shape index (κ2) is 8.50. The molecule has 19 heavy (non-hydrogen) atoms. The molecule has 0 aliphatic rings. The van der Waals surface area contributed by atoms with Crippen LogP contribution in [0.3, 0.4) is 0 Å². The fourth-order valence-corrected chi connectivity index (χ4v) is 2.64. The molecule has 0 aromatic carbocycles. The second-order valence-corrected chi connectivity index (χ2v) is 6.65. The van der Waals surface area contributed by atoms with E-state index >= 15 is 0 Å². The van der Waals surface area contributed by atoms with Gasteiger partial charge in [-0.25, -0.2) is 12.7 Å². The van der Waals surface area contributed by atoms with Crippen LogP contribution in [0.2, 0.25) is 0 Å². The molecule has 0 amide bonds. The summed E-state index contributed by atoms with van der Waals surface area (Å²) >= 11 is 0.